The van der Waals surface area contributed by atoms with E-state index in [0.29, 0.717) is 16.2 Å². The van der Waals surface area contributed by atoms with Crippen LogP contribution in [0.2, 0.25) is 0 Å². The van der Waals surface area contributed by atoms with Gasteiger partial charge in [-0.2, -0.15) is 0 Å². The number of hydrogen-bond donors (Lipinski definition) is 0. The van der Waals surface area contributed by atoms with Crippen molar-refractivity contribution in [1.82, 2.24) is 0 Å². The van der Waals surface area contributed by atoms with Gasteiger partial charge in [-0.1, -0.05) is 192 Å². The summed E-state index contributed by atoms with van der Waals surface area (Å²) >= 11 is 0. The molecule has 0 saturated carbocycles. The molecule has 0 rings (SSSR count). The minimum atomic E-state index is 0.409. The van der Waals surface area contributed by atoms with Crippen molar-refractivity contribution in [2.24, 2.45) is 51.8 Å². The molecule has 0 aliphatic carbocycles. The fourth-order valence-electron chi connectivity index (χ4n) is 8.62. The zero-order valence-electron chi connectivity index (χ0n) is 36.1. The summed E-state index contributed by atoms with van der Waals surface area (Å²) in [5.74, 6) is 5.00. The van der Waals surface area contributed by atoms with E-state index in [9.17, 15) is 0 Å². The maximum atomic E-state index is 2.63. The molecule has 0 spiro atoms. The number of hydrogen-bond acceptors (Lipinski definition) is 0. The largest absolute Gasteiger partial charge is 0.0747 e. The van der Waals surface area contributed by atoms with Crippen molar-refractivity contribution in [2.45, 2.75) is 239 Å². The van der Waals surface area contributed by atoms with Gasteiger partial charge in [0.1, 0.15) is 0 Å². The lowest BCUT2D eigenvalue weighted by atomic mass is 9.61. The zero-order chi connectivity index (χ0) is 36.3. The van der Waals surface area contributed by atoms with Gasteiger partial charge in [-0.25, -0.2) is 0 Å². The average molecular weight is 659 g/mol. The molecule has 0 nitrogen and oxygen atoms in total. The molecule has 5 atom stereocenters. The van der Waals surface area contributed by atoms with E-state index in [1.807, 2.05) is 0 Å². The first-order valence-corrected chi connectivity index (χ1v) is 21.4. The minimum absolute atomic E-state index is 0.409. The van der Waals surface area contributed by atoms with Crippen molar-refractivity contribution in [2.75, 3.05) is 0 Å². The van der Waals surface area contributed by atoms with E-state index in [0.717, 1.165) is 35.5 Å². The van der Waals surface area contributed by atoms with Crippen LogP contribution in [0.25, 0.3) is 0 Å². The van der Waals surface area contributed by atoms with Crippen molar-refractivity contribution >= 4 is 0 Å². The van der Waals surface area contributed by atoms with E-state index in [-0.39, 0.29) is 0 Å². The van der Waals surface area contributed by atoms with Gasteiger partial charge in [-0.3, -0.25) is 0 Å². The predicted molar refractivity (Wildman–Crippen MR) is 218 cm³/mol. The standard InChI is InChI=1S/C47H94/c1-17-40(7)42(9)36-46(13,14)34-26-29-38(5)30-31-43(10)47(15,16)44(41(8)18-2)35-39(6)28-23-19-20-24-32-45(11,12)33-25-21-22-27-37(3)4/h37-39,41,43-44H,17-36H2,1-16H3. The predicted octanol–water partition coefficient (Wildman–Crippen LogP) is 17.1. The second-order valence-electron chi connectivity index (χ2n) is 20.0. The molecule has 0 radical (unpaired) electrons. The third kappa shape index (κ3) is 21.5. The smallest absolute Gasteiger partial charge is 0.0269 e. The Bertz CT molecular complexity index is 791. The summed E-state index contributed by atoms with van der Waals surface area (Å²) in [6.45, 7) is 39.7. The summed E-state index contributed by atoms with van der Waals surface area (Å²) in [5, 5.41) is 0. The van der Waals surface area contributed by atoms with Gasteiger partial charge in [0.2, 0.25) is 0 Å². The van der Waals surface area contributed by atoms with Crippen LogP contribution in [0.4, 0.5) is 0 Å². The summed E-state index contributed by atoms with van der Waals surface area (Å²) in [7, 11) is 0. The third-order valence-corrected chi connectivity index (χ3v) is 13.3. The van der Waals surface area contributed by atoms with Crippen molar-refractivity contribution in [1.29, 1.82) is 0 Å². The van der Waals surface area contributed by atoms with Crippen LogP contribution in [-0.4, -0.2) is 0 Å². The van der Waals surface area contributed by atoms with E-state index in [1.165, 1.54) is 128 Å². The monoisotopic (exact) mass is 659 g/mol. The maximum Gasteiger partial charge on any atom is -0.0269 e. The first kappa shape index (κ1) is 46.7. The van der Waals surface area contributed by atoms with Gasteiger partial charge >= 0.3 is 0 Å². The van der Waals surface area contributed by atoms with Crippen LogP contribution in [0.5, 0.6) is 0 Å². The van der Waals surface area contributed by atoms with Crippen LogP contribution in [0, 0.1) is 51.8 Å². The molecule has 5 unspecified atom stereocenters. The average Bonchev–Trinajstić information content (AvgIpc) is 2.98. The van der Waals surface area contributed by atoms with Gasteiger partial charge in [0.05, 0.1) is 0 Å². The normalized spacial score (nSPS) is 17.0. The van der Waals surface area contributed by atoms with Crippen LogP contribution < -0.4 is 0 Å². The topological polar surface area (TPSA) is 0 Å². The molecular weight excluding hydrogens is 565 g/mol. The number of rotatable bonds is 29. The van der Waals surface area contributed by atoms with Crippen LogP contribution in [0.15, 0.2) is 11.1 Å². The van der Waals surface area contributed by atoms with Gasteiger partial charge in [-0.05, 0) is 111 Å². The van der Waals surface area contributed by atoms with Gasteiger partial charge in [0.25, 0.3) is 0 Å². The SMILES string of the molecule is CCC(C)=C(C)CC(C)(C)CCCC(C)CCC(C)C(C)(C)C(CC(C)CCCCCCC(C)(C)CCCCCC(C)C)C(C)CC. The lowest BCUT2D eigenvalue weighted by Gasteiger charge is -2.44. The molecule has 0 aromatic heterocycles. The second kappa shape index (κ2) is 24.0. The second-order valence-corrected chi connectivity index (χ2v) is 20.0. The summed E-state index contributed by atoms with van der Waals surface area (Å²) in [5.41, 5.74) is 4.60. The maximum absolute atomic E-state index is 2.63. The summed E-state index contributed by atoms with van der Waals surface area (Å²) < 4.78 is 0. The molecule has 47 heavy (non-hydrogen) atoms. The van der Waals surface area contributed by atoms with E-state index < -0.39 is 0 Å². The fourth-order valence-corrected chi connectivity index (χ4v) is 8.62. The van der Waals surface area contributed by atoms with Gasteiger partial charge < -0.3 is 0 Å². The molecular formula is C47H94. The first-order valence-electron chi connectivity index (χ1n) is 21.4. The van der Waals surface area contributed by atoms with E-state index in [1.54, 1.807) is 11.1 Å². The van der Waals surface area contributed by atoms with Crippen molar-refractivity contribution < 1.29 is 0 Å². The van der Waals surface area contributed by atoms with Crippen molar-refractivity contribution in [3.63, 3.8) is 0 Å². The molecule has 0 aliphatic rings. The van der Waals surface area contributed by atoms with E-state index in [2.05, 4.69) is 111 Å². The van der Waals surface area contributed by atoms with Gasteiger partial charge in [0, 0.05) is 0 Å². The number of unbranched alkanes of at least 4 members (excludes halogenated alkanes) is 5. The Hall–Kier alpha value is -0.260. The highest BCUT2D eigenvalue weighted by atomic mass is 14.4. The summed E-state index contributed by atoms with van der Waals surface area (Å²) in [6.07, 6.45) is 27.8. The zero-order valence-corrected chi connectivity index (χ0v) is 36.1. The van der Waals surface area contributed by atoms with Crippen LogP contribution in [0.3, 0.4) is 0 Å². The van der Waals surface area contributed by atoms with Crippen molar-refractivity contribution in [3.05, 3.63) is 11.1 Å². The lowest BCUT2D eigenvalue weighted by molar-refractivity contribution is 0.0519. The highest BCUT2D eigenvalue weighted by molar-refractivity contribution is 5.10. The highest BCUT2D eigenvalue weighted by Gasteiger charge is 2.37. The molecule has 0 fully saturated rings. The molecule has 0 N–H and O–H groups in total. The molecule has 0 aliphatic heterocycles. The number of allylic oxidation sites excluding steroid dienone is 2. The molecule has 282 valence electrons. The van der Waals surface area contributed by atoms with Crippen LogP contribution in [-0.2, 0) is 0 Å². The minimum Gasteiger partial charge on any atom is -0.0747 e. The Balaban J connectivity index is 4.64. The third-order valence-electron chi connectivity index (χ3n) is 13.3. The highest BCUT2D eigenvalue weighted by Crippen LogP contribution is 2.46. The Kier molecular flexibility index (Phi) is 23.9. The molecule has 0 bridgehead atoms. The Morgan fingerprint density at radius 2 is 1.02 bits per heavy atom. The molecule has 0 heterocycles. The molecule has 0 saturated heterocycles. The fraction of sp³-hybridized carbons (Fsp3) is 0.957. The molecule has 0 amide bonds. The van der Waals surface area contributed by atoms with Crippen LogP contribution >= 0.6 is 0 Å². The van der Waals surface area contributed by atoms with E-state index in [4.69, 9.17) is 0 Å². The van der Waals surface area contributed by atoms with Gasteiger partial charge in [0.15, 0.2) is 0 Å². The van der Waals surface area contributed by atoms with Gasteiger partial charge in [-0.15, -0.1) is 0 Å². The Labute approximate surface area is 301 Å². The Morgan fingerprint density at radius 1 is 0.511 bits per heavy atom. The first-order chi connectivity index (χ1) is 21.8. The van der Waals surface area contributed by atoms with Crippen molar-refractivity contribution in [3.8, 4) is 0 Å². The summed E-state index contributed by atoms with van der Waals surface area (Å²) in [6, 6.07) is 0. The molecule has 0 aromatic carbocycles. The lowest BCUT2D eigenvalue weighted by Crippen LogP contribution is -2.36. The molecule has 0 aromatic rings. The van der Waals surface area contributed by atoms with Crippen LogP contribution in [0.1, 0.15) is 239 Å². The van der Waals surface area contributed by atoms with E-state index >= 15 is 0 Å². The summed E-state index contributed by atoms with van der Waals surface area (Å²) in [4.78, 5) is 0. The quantitative estimate of drug-likeness (QED) is 0.0554. The Morgan fingerprint density at radius 3 is 1.57 bits per heavy atom. The molecule has 0 heteroatoms.